The highest BCUT2D eigenvalue weighted by Crippen LogP contribution is 2.62. The number of aromatic amines is 1. The lowest BCUT2D eigenvalue weighted by Gasteiger charge is -2.67. The fraction of sp³-hybridized carbons (Fsp3) is 0.500. The summed E-state index contributed by atoms with van der Waals surface area (Å²) in [4.78, 5) is 16.7. The molecule has 5 unspecified atom stereocenters. The first kappa shape index (κ1) is 17.0. The summed E-state index contributed by atoms with van der Waals surface area (Å²) in [6.45, 7) is 2.52. The number of carbonyl (C=O) groups excluding carboxylic acids is 1. The van der Waals surface area contributed by atoms with Crippen molar-refractivity contribution in [3.8, 4) is 0 Å². The summed E-state index contributed by atoms with van der Waals surface area (Å²) in [5, 5.41) is 13.9. The van der Waals surface area contributed by atoms with E-state index in [4.69, 9.17) is 4.74 Å². The first-order chi connectivity index (χ1) is 13.0. The lowest BCUT2D eigenvalue weighted by molar-refractivity contribution is -0.982. The van der Waals surface area contributed by atoms with Gasteiger partial charge in [0.25, 0.3) is 0 Å². The van der Waals surface area contributed by atoms with Gasteiger partial charge in [-0.3, -0.25) is 4.79 Å². The minimum atomic E-state index is -0.976. The Labute approximate surface area is 159 Å². The number of benzene rings is 1. The number of methoxy groups -OCH3 is 1. The summed E-state index contributed by atoms with van der Waals surface area (Å²) < 4.78 is 5.97. The molecule has 1 aromatic carbocycles. The Kier molecular flexibility index (Phi) is 3.44. The molecular weight excluding hydrogens is 340 g/mol. The Morgan fingerprint density at radius 1 is 1.44 bits per heavy atom. The molecule has 3 fully saturated rings. The first-order valence-electron chi connectivity index (χ1n) is 9.77. The van der Waals surface area contributed by atoms with Crippen molar-refractivity contribution < 1.29 is 19.1 Å². The maximum Gasteiger partial charge on any atom is 0.317 e. The third-order valence-corrected chi connectivity index (χ3v) is 7.82. The van der Waals surface area contributed by atoms with E-state index in [0.29, 0.717) is 6.04 Å². The van der Waals surface area contributed by atoms with Crippen LogP contribution in [0.15, 0.2) is 35.9 Å². The van der Waals surface area contributed by atoms with Crippen LogP contribution in [0.1, 0.15) is 30.6 Å². The van der Waals surface area contributed by atoms with Crippen LogP contribution in [0.25, 0.3) is 10.9 Å². The van der Waals surface area contributed by atoms with E-state index >= 15 is 0 Å². The number of hydrogen-bond donors (Lipinski definition) is 1. The van der Waals surface area contributed by atoms with Crippen LogP contribution in [0, 0.1) is 11.3 Å². The third-order valence-electron chi connectivity index (χ3n) is 7.82. The fourth-order valence-corrected chi connectivity index (χ4v) is 6.59. The van der Waals surface area contributed by atoms with Crippen molar-refractivity contribution >= 4 is 16.9 Å². The van der Waals surface area contributed by atoms with Crippen LogP contribution in [0.5, 0.6) is 0 Å². The van der Waals surface area contributed by atoms with Gasteiger partial charge in [-0.25, -0.2) is 0 Å². The Bertz CT molecular complexity index is 977. The van der Waals surface area contributed by atoms with Crippen molar-refractivity contribution in [1.29, 1.82) is 0 Å². The maximum absolute atomic E-state index is 13.1. The molecule has 27 heavy (non-hydrogen) atoms. The number of ether oxygens (including phenoxy) is 1. The molecule has 5 heteroatoms. The number of carbonyl (C=O) groups is 1. The number of hydrogen-bond acceptors (Lipinski definition) is 3. The summed E-state index contributed by atoms with van der Waals surface area (Å²) in [6, 6.07) is 8.62. The van der Waals surface area contributed by atoms with Crippen LogP contribution in [0.4, 0.5) is 0 Å². The van der Waals surface area contributed by atoms with Gasteiger partial charge in [0.2, 0.25) is 0 Å². The molecule has 0 aliphatic carbocycles. The van der Waals surface area contributed by atoms with E-state index in [0.717, 1.165) is 29.4 Å². The molecule has 0 amide bonds. The molecule has 4 aliphatic rings. The molecule has 5 heterocycles. The van der Waals surface area contributed by atoms with Crippen LogP contribution in [-0.4, -0.2) is 48.8 Å². The monoisotopic (exact) mass is 366 g/mol. The van der Waals surface area contributed by atoms with Gasteiger partial charge < -0.3 is 19.3 Å². The third kappa shape index (κ3) is 1.84. The maximum atomic E-state index is 13.1. The molecule has 142 valence electrons. The van der Waals surface area contributed by atoms with E-state index in [1.165, 1.54) is 29.3 Å². The van der Waals surface area contributed by atoms with Crippen molar-refractivity contribution in [2.24, 2.45) is 11.3 Å². The van der Waals surface area contributed by atoms with Crippen molar-refractivity contribution in [1.82, 2.24) is 4.98 Å². The zero-order chi connectivity index (χ0) is 19.0. The Morgan fingerprint density at radius 2 is 2.22 bits per heavy atom. The number of piperidine rings is 3. The van der Waals surface area contributed by atoms with E-state index < -0.39 is 12.0 Å². The van der Waals surface area contributed by atoms with Gasteiger partial charge in [0.15, 0.2) is 0 Å². The number of esters is 1. The Balaban J connectivity index is 1.78. The number of nitrogens with zero attached hydrogens (tertiary/aromatic N) is 1. The summed E-state index contributed by atoms with van der Waals surface area (Å²) in [6.07, 6.45) is 3.69. The normalized spacial score (nSPS) is 38.2. The highest BCUT2D eigenvalue weighted by Gasteiger charge is 2.70. The number of nitrogens with one attached hydrogen (secondary N) is 1. The smallest absolute Gasteiger partial charge is 0.317 e. The molecule has 0 radical (unpaired) electrons. The molecule has 5 atom stereocenters. The molecule has 3 saturated heterocycles. The number of para-hydroxylation sites is 1. The first-order valence-corrected chi connectivity index (χ1v) is 9.77. The summed E-state index contributed by atoms with van der Waals surface area (Å²) in [7, 11) is 3.65. The van der Waals surface area contributed by atoms with Crippen molar-refractivity contribution in [3.63, 3.8) is 0 Å². The lowest BCUT2D eigenvalue weighted by atomic mass is 9.54. The van der Waals surface area contributed by atoms with E-state index in [2.05, 4.69) is 36.3 Å². The number of likely N-dealkylation sites (N-methyl/N-ethyl adjacent to an activating group) is 1. The van der Waals surface area contributed by atoms with Gasteiger partial charge in [-0.1, -0.05) is 24.3 Å². The average Bonchev–Trinajstić information content (AvgIpc) is 3.05. The molecule has 4 aliphatic heterocycles. The molecule has 1 N–H and O–H groups in total. The number of H-pyrrole nitrogens is 1. The predicted molar refractivity (Wildman–Crippen MR) is 101 cm³/mol. The molecule has 0 saturated carbocycles. The molecule has 4 bridgehead atoms. The molecular formula is C22H26N2O3. The van der Waals surface area contributed by atoms with E-state index in [1.54, 1.807) is 0 Å². The van der Waals surface area contributed by atoms with Gasteiger partial charge in [0.05, 0.1) is 19.9 Å². The number of quaternary nitrogens is 1. The van der Waals surface area contributed by atoms with E-state index in [-0.39, 0.29) is 17.9 Å². The van der Waals surface area contributed by atoms with Crippen LogP contribution < -0.4 is 5.11 Å². The second kappa shape index (κ2) is 5.46. The minimum Gasteiger partial charge on any atom is -0.853 e. The highest BCUT2D eigenvalue weighted by atomic mass is 16.5. The average molecular weight is 366 g/mol. The second-order valence-corrected chi connectivity index (χ2v) is 8.63. The molecule has 0 spiro atoms. The molecule has 6 rings (SSSR count). The van der Waals surface area contributed by atoms with Gasteiger partial charge in [-0.15, -0.1) is 6.61 Å². The summed E-state index contributed by atoms with van der Waals surface area (Å²) >= 11 is 0. The van der Waals surface area contributed by atoms with Crippen LogP contribution >= 0.6 is 0 Å². The molecule has 2 aromatic rings. The zero-order valence-corrected chi connectivity index (χ0v) is 16.1. The summed E-state index contributed by atoms with van der Waals surface area (Å²) in [5.41, 5.74) is 4.01. The standard InChI is InChI=1S/C22H26N2O3/c1-4-13-11-24(2)18-10-16(13)22(12-25,21(26)27-3)19(24)9-15-14-7-5-6-8-17(14)23-20(15)18/h4-8,16,18-19,23H,9-12H2,1-3H3/b13-4+. The fourth-order valence-electron chi connectivity index (χ4n) is 6.59. The van der Waals surface area contributed by atoms with Crippen LogP contribution in [-0.2, 0) is 16.0 Å². The van der Waals surface area contributed by atoms with Gasteiger partial charge >= 0.3 is 5.97 Å². The van der Waals surface area contributed by atoms with Crippen LogP contribution in [0.2, 0.25) is 0 Å². The zero-order valence-electron chi connectivity index (χ0n) is 16.1. The van der Waals surface area contributed by atoms with Crippen molar-refractivity contribution in [2.45, 2.75) is 31.8 Å². The highest BCUT2D eigenvalue weighted by molar-refractivity contribution is 5.86. The van der Waals surface area contributed by atoms with Gasteiger partial charge in [-0.05, 0) is 24.1 Å². The predicted octanol–water partition coefficient (Wildman–Crippen LogP) is 2.08. The largest absolute Gasteiger partial charge is 0.853 e. The summed E-state index contributed by atoms with van der Waals surface area (Å²) in [5.74, 6) is -0.348. The minimum absolute atomic E-state index is 0.0260. The molecule has 5 nitrogen and oxygen atoms in total. The quantitative estimate of drug-likeness (QED) is 0.503. The number of fused-ring (bicyclic) bond motifs is 4. The van der Waals surface area contributed by atoms with Gasteiger partial charge in [0.1, 0.15) is 24.0 Å². The Morgan fingerprint density at radius 3 is 2.93 bits per heavy atom. The number of allylic oxidation sites excluding steroid dienone is 1. The van der Waals surface area contributed by atoms with Crippen molar-refractivity contribution in [2.75, 3.05) is 27.3 Å². The SMILES string of the molecule is C/C=C1\C[N+]2(C)C3CC1C(C[O-])(C(=O)OC)C2Cc1c3[nH]c2ccccc12. The van der Waals surface area contributed by atoms with Gasteiger partial charge in [-0.2, -0.15) is 0 Å². The second-order valence-electron chi connectivity index (χ2n) is 8.63. The number of aromatic nitrogens is 1. The topological polar surface area (TPSA) is 65.2 Å². The van der Waals surface area contributed by atoms with E-state index in [9.17, 15) is 9.90 Å². The van der Waals surface area contributed by atoms with Crippen LogP contribution in [0.3, 0.4) is 0 Å². The molecule has 1 aromatic heterocycles. The number of rotatable bonds is 2. The lowest BCUT2D eigenvalue weighted by Crippen LogP contribution is -2.77. The van der Waals surface area contributed by atoms with Gasteiger partial charge in [0, 0.05) is 29.7 Å². The van der Waals surface area contributed by atoms with E-state index in [1.807, 2.05) is 13.0 Å². The van der Waals surface area contributed by atoms with Crippen molar-refractivity contribution in [3.05, 3.63) is 47.2 Å². The Hall–Kier alpha value is -2.11.